The SMILES string of the molecule is COC(=O)c1coc2ccc(CN)cc12. The number of benzene rings is 1. The molecule has 0 saturated heterocycles. The van der Waals surface area contributed by atoms with Gasteiger partial charge in [0, 0.05) is 11.9 Å². The lowest BCUT2D eigenvalue weighted by Crippen LogP contribution is -2.00. The average Bonchev–Trinajstić information content (AvgIpc) is 2.70. The molecule has 0 aliphatic rings. The van der Waals surface area contributed by atoms with Crippen LogP contribution in [0.3, 0.4) is 0 Å². The summed E-state index contributed by atoms with van der Waals surface area (Å²) < 4.78 is 9.88. The Kier molecular flexibility index (Phi) is 2.43. The van der Waals surface area contributed by atoms with Crippen LogP contribution < -0.4 is 5.73 Å². The minimum atomic E-state index is -0.400. The summed E-state index contributed by atoms with van der Waals surface area (Å²) in [5, 5.41) is 0.741. The number of furan rings is 1. The molecular weight excluding hydrogens is 194 g/mol. The monoisotopic (exact) mass is 205 g/mol. The molecular formula is C11H11NO3. The largest absolute Gasteiger partial charge is 0.465 e. The first-order valence-electron chi connectivity index (χ1n) is 4.54. The maximum absolute atomic E-state index is 11.4. The van der Waals surface area contributed by atoms with Crippen LogP contribution in [0.25, 0.3) is 11.0 Å². The van der Waals surface area contributed by atoms with Crippen molar-refractivity contribution in [2.45, 2.75) is 6.54 Å². The predicted molar refractivity (Wildman–Crippen MR) is 55.4 cm³/mol. The van der Waals surface area contributed by atoms with E-state index in [1.165, 1.54) is 13.4 Å². The maximum Gasteiger partial charge on any atom is 0.341 e. The molecule has 78 valence electrons. The number of hydrogen-bond acceptors (Lipinski definition) is 4. The van der Waals surface area contributed by atoms with Gasteiger partial charge >= 0.3 is 5.97 Å². The van der Waals surface area contributed by atoms with E-state index in [0.29, 0.717) is 17.7 Å². The fourth-order valence-electron chi connectivity index (χ4n) is 1.47. The Morgan fingerprint density at radius 1 is 1.53 bits per heavy atom. The highest BCUT2D eigenvalue weighted by molar-refractivity contribution is 6.03. The van der Waals surface area contributed by atoms with Gasteiger partial charge in [0.05, 0.1) is 7.11 Å². The Labute approximate surface area is 86.6 Å². The summed E-state index contributed by atoms with van der Waals surface area (Å²) in [5.74, 6) is -0.400. The number of methoxy groups -OCH3 is 1. The molecule has 4 heteroatoms. The molecule has 2 N–H and O–H groups in total. The van der Waals surface area contributed by atoms with Gasteiger partial charge in [-0.05, 0) is 17.7 Å². The zero-order valence-electron chi connectivity index (χ0n) is 8.32. The number of hydrogen-bond donors (Lipinski definition) is 1. The van der Waals surface area contributed by atoms with Crippen LogP contribution >= 0.6 is 0 Å². The predicted octanol–water partition coefficient (Wildman–Crippen LogP) is 1.68. The fourth-order valence-corrected chi connectivity index (χ4v) is 1.47. The third-order valence-electron chi connectivity index (χ3n) is 2.28. The minimum absolute atomic E-state index is 0.400. The van der Waals surface area contributed by atoms with E-state index in [1.54, 1.807) is 6.07 Å². The number of nitrogens with two attached hydrogens (primary N) is 1. The molecule has 0 saturated carbocycles. The summed E-state index contributed by atoms with van der Waals surface area (Å²) in [5.41, 5.74) is 7.57. The third-order valence-corrected chi connectivity index (χ3v) is 2.28. The molecule has 0 amide bonds. The van der Waals surface area contributed by atoms with Crippen molar-refractivity contribution >= 4 is 16.9 Å². The topological polar surface area (TPSA) is 65.5 Å². The summed E-state index contributed by atoms with van der Waals surface area (Å²) in [6, 6.07) is 5.50. The van der Waals surface area contributed by atoms with Crippen LogP contribution in [0.2, 0.25) is 0 Å². The number of esters is 1. The lowest BCUT2D eigenvalue weighted by Gasteiger charge is -1.98. The normalized spacial score (nSPS) is 10.5. The number of ether oxygens (including phenoxy) is 1. The number of carbonyl (C=O) groups excluding carboxylic acids is 1. The lowest BCUT2D eigenvalue weighted by atomic mass is 10.1. The smallest absolute Gasteiger partial charge is 0.341 e. The Morgan fingerprint density at radius 3 is 3.00 bits per heavy atom. The van der Waals surface area contributed by atoms with Gasteiger partial charge in [0.25, 0.3) is 0 Å². The lowest BCUT2D eigenvalue weighted by molar-refractivity contribution is 0.0602. The maximum atomic E-state index is 11.4. The van der Waals surface area contributed by atoms with Gasteiger partial charge in [0.15, 0.2) is 0 Å². The van der Waals surface area contributed by atoms with E-state index in [9.17, 15) is 4.79 Å². The number of carbonyl (C=O) groups is 1. The second kappa shape index (κ2) is 3.74. The zero-order chi connectivity index (χ0) is 10.8. The first-order valence-corrected chi connectivity index (χ1v) is 4.54. The van der Waals surface area contributed by atoms with Crippen molar-refractivity contribution in [2.75, 3.05) is 7.11 Å². The third kappa shape index (κ3) is 1.59. The van der Waals surface area contributed by atoms with Gasteiger partial charge in [-0.15, -0.1) is 0 Å². The van der Waals surface area contributed by atoms with Crippen LogP contribution in [0.5, 0.6) is 0 Å². The molecule has 0 unspecified atom stereocenters. The van der Waals surface area contributed by atoms with Crippen molar-refractivity contribution in [3.05, 3.63) is 35.6 Å². The highest BCUT2D eigenvalue weighted by Crippen LogP contribution is 2.22. The summed E-state index contributed by atoms with van der Waals surface area (Å²) in [4.78, 5) is 11.4. The van der Waals surface area contributed by atoms with Gasteiger partial charge in [-0.2, -0.15) is 0 Å². The quantitative estimate of drug-likeness (QED) is 0.757. The molecule has 0 atom stereocenters. The summed E-state index contributed by atoms with van der Waals surface area (Å²) in [6.07, 6.45) is 1.40. The van der Waals surface area contributed by atoms with Crippen LogP contribution in [0.1, 0.15) is 15.9 Å². The van der Waals surface area contributed by atoms with Crippen molar-refractivity contribution < 1.29 is 13.9 Å². The first-order chi connectivity index (χ1) is 7.26. The van der Waals surface area contributed by atoms with Gasteiger partial charge in [-0.3, -0.25) is 0 Å². The summed E-state index contributed by atoms with van der Waals surface area (Å²) in [6.45, 7) is 0.432. The molecule has 0 radical (unpaired) electrons. The van der Waals surface area contributed by atoms with Crippen molar-refractivity contribution in [1.82, 2.24) is 0 Å². The Hall–Kier alpha value is -1.81. The van der Waals surface area contributed by atoms with Crippen molar-refractivity contribution in [3.8, 4) is 0 Å². The molecule has 2 rings (SSSR count). The van der Waals surface area contributed by atoms with Gasteiger partial charge in [-0.25, -0.2) is 4.79 Å². The highest BCUT2D eigenvalue weighted by atomic mass is 16.5. The van der Waals surface area contributed by atoms with E-state index in [2.05, 4.69) is 4.74 Å². The molecule has 0 aliphatic carbocycles. The fraction of sp³-hybridized carbons (Fsp3) is 0.182. The molecule has 0 bridgehead atoms. The molecule has 2 aromatic rings. The molecule has 0 fully saturated rings. The van der Waals surface area contributed by atoms with Gasteiger partial charge in [0.1, 0.15) is 17.4 Å². The molecule has 0 spiro atoms. The second-order valence-corrected chi connectivity index (χ2v) is 3.18. The van der Waals surface area contributed by atoms with E-state index in [-0.39, 0.29) is 0 Å². The van der Waals surface area contributed by atoms with Crippen molar-refractivity contribution in [2.24, 2.45) is 5.73 Å². The van der Waals surface area contributed by atoms with E-state index < -0.39 is 5.97 Å². The molecule has 1 aromatic heterocycles. The van der Waals surface area contributed by atoms with Crippen LogP contribution in [-0.4, -0.2) is 13.1 Å². The van der Waals surface area contributed by atoms with Crippen LogP contribution in [0.4, 0.5) is 0 Å². The van der Waals surface area contributed by atoms with Gasteiger partial charge in [-0.1, -0.05) is 6.07 Å². The van der Waals surface area contributed by atoms with E-state index >= 15 is 0 Å². The Bertz CT molecular complexity index is 502. The van der Waals surface area contributed by atoms with E-state index in [0.717, 1.165) is 10.9 Å². The van der Waals surface area contributed by atoms with Gasteiger partial charge in [0.2, 0.25) is 0 Å². The molecule has 1 heterocycles. The summed E-state index contributed by atoms with van der Waals surface area (Å²) >= 11 is 0. The van der Waals surface area contributed by atoms with Crippen LogP contribution in [0.15, 0.2) is 28.9 Å². The van der Waals surface area contributed by atoms with E-state index in [4.69, 9.17) is 10.2 Å². The Balaban J connectivity index is 2.61. The number of fused-ring (bicyclic) bond motifs is 1. The van der Waals surface area contributed by atoms with Crippen molar-refractivity contribution in [1.29, 1.82) is 0 Å². The standard InChI is InChI=1S/C11H11NO3/c1-14-11(13)9-6-15-10-3-2-7(5-12)4-8(9)10/h2-4,6H,5,12H2,1H3. The van der Waals surface area contributed by atoms with E-state index in [1.807, 2.05) is 12.1 Å². The van der Waals surface area contributed by atoms with Crippen LogP contribution in [0, 0.1) is 0 Å². The molecule has 15 heavy (non-hydrogen) atoms. The summed E-state index contributed by atoms with van der Waals surface area (Å²) in [7, 11) is 1.34. The first kappa shape index (κ1) is 9.73. The molecule has 0 aliphatic heterocycles. The highest BCUT2D eigenvalue weighted by Gasteiger charge is 2.13. The zero-order valence-corrected chi connectivity index (χ0v) is 8.32. The second-order valence-electron chi connectivity index (χ2n) is 3.18. The number of rotatable bonds is 2. The van der Waals surface area contributed by atoms with Crippen LogP contribution in [-0.2, 0) is 11.3 Å². The van der Waals surface area contributed by atoms with Crippen molar-refractivity contribution in [3.63, 3.8) is 0 Å². The molecule has 4 nitrogen and oxygen atoms in total. The Morgan fingerprint density at radius 2 is 2.33 bits per heavy atom. The van der Waals surface area contributed by atoms with Gasteiger partial charge < -0.3 is 14.9 Å². The minimum Gasteiger partial charge on any atom is -0.465 e. The molecule has 1 aromatic carbocycles. The average molecular weight is 205 g/mol.